The number of nitrogens with zero attached hydrogens (tertiary/aromatic N) is 1. The number of aryl methyl sites for hydroxylation is 1. The van der Waals surface area contributed by atoms with Crippen LogP contribution in [0, 0.1) is 6.92 Å². The first-order valence-electron chi connectivity index (χ1n) is 6.32. The molecule has 0 bridgehead atoms. The molecule has 19 heavy (non-hydrogen) atoms. The summed E-state index contributed by atoms with van der Waals surface area (Å²) in [6.07, 6.45) is 0. The molecule has 2 aromatic rings. The van der Waals surface area contributed by atoms with Gasteiger partial charge in [0, 0.05) is 26.3 Å². The summed E-state index contributed by atoms with van der Waals surface area (Å²) in [5.41, 5.74) is 4.61. The summed E-state index contributed by atoms with van der Waals surface area (Å²) >= 11 is 6.25. The van der Waals surface area contributed by atoms with E-state index in [1.165, 1.54) is 11.1 Å². The Bertz CT molecular complexity index is 547. The summed E-state index contributed by atoms with van der Waals surface area (Å²) in [4.78, 5) is 2.01. The van der Waals surface area contributed by atoms with E-state index in [1.54, 1.807) is 0 Å². The molecular weight excluding hydrogens is 256 g/mol. The highest BCUT2D eigenvalue weighted by Gasteiger charge is 2.03. The monoisotopic (exact) mass is 274 g/mol. The number of hydrogen-bond acceptors (Lipinski definition) is 2. The van der Waals surface area contributed by atoms with Crippen LogP contribution < -0.4 is 10.2 Å². The summed E-state index contributed by atoms with van der Waals surface area (Å²) in [5, 5.41) is 4.15. The second-order valence-corrected chi connectivity index (χ2v) is 5.31. The predicted molar refractivity (Wildman–Crippen MR) is 84.3 cm³/mol. The van der Waals surface area contributed by atoms with Gasteiger partial charge in [-0.05, 0) is 30.7 Å². The van der Waals surface area contributed by atoms with Gasteiger partial charge in [-0.25, -0.2) is 0 Å². The van der Waals surface area contributed by atoms with E-state index in [2.05, 4.69) is 42.6 Å². The van der Waals surface area contributed by atoms with E-state index in [-0.39, 0.29) is 0 Å². The van der Waals surface area contributed by atoms with Crippen LogP contribution in [0.2, 0.25) is 5.02 Å². The van der Waals surface area contributed by atoms with Crippen LogP contribution in [0.4, 0.5) is 11.4 Å². The Morgan fingerprint density at radius 3 is 2.32 bits per heavy atom. The summed E-state index contributed by atoms with van der Waals surface area (Å²) in [5.74, 6) is 0. The minimum atomic E-state index is 0.763. The van der Waals surface area contributed by atoms with E-state index in [0.717, 1.165) is 22.9 Å². The van der Waals surface area contributed by atoms with Gasteiger partial charge in [0.1, 0.15) is 0 Å². The Labute approximate surface area is 120 Å². The van der Waals surface area contributed by atoms with E-state index < -0.39 is 0 Å². The van der Waals surface area contributed by atoms with E-state index in [4.69, 9.17) is 11.6 Å². The zero-order chi connectivity index (χ0) is 13.8. The van der Waals surface area contributed by atoms with E-state index in [1.807, 2.05) is 31.1 Å². The molecule has 0 amide bonds. The quantitative estimate of drug-likeness (QED) is 0.893. The van der Waals surface area contributed by atoms with Gasteiger partial charge < -0.3 is 10.2 Å². The fraction of sp³-hybridized carbons (Fsp3) is 0.250. The van der Waals surface area contributed by atoms with Crippen molar-refractivity contribution in [2.45, 2.75) is 13.5 Å². The van der Waals surface area contributed by atoms with Crippen LogP contribution in [0.1, 0.15) is 11.1 Å². The van der Waals surface area contributed by atoms with Gasteiger partial charge >= 0.3 is 0 Å². The average Bonchev–Trinajstić information content (AvgIpc) is 2.37. The van der Waals surface area contributed by atoms with Crippen molar-refractivity contribution in [2.24, 2.45) is 0 Å². The van der Waals surface area contributed by atoms with Gasteiger partial charge in [-0.15, -0.1) is 0 Å². The molecule has 0 aromatic heterocycles. The molecule has 0 spiro atoms. The normalized spacial score (nSPS) is 10.3. The van der Waals surface area contributed by atoms with Gasteiger partial charge in [0.2, 0.25) is 0 Å². The van der Waals surface area contributed by atoms with Crippen LogP contribution in [0.15, 0.2) is 42.5 Å². The molecule has 0 aliphatic rings. The minimum Gasteiger partial charge on any atom is -0.381 e. The summed E-state index contributed by atoms with van der Waals surface area (Å²) in [7, 11) is 3.97. The van der Waals surface area contributed by atoms with Crippen LogP contribution >= 0.6 is 11.6 Å². The molecule has 0 aliphatic heterocycles. The molecule has 2 nitrogen and oxygen atoms in total. The summed E-state index contributed by atoms with van der Waals surface area (Å²) in [6.45, 7) is 2.90. The maximum atomic E-state index is 6.25. The first-order valence-corrected chi connectivity index (χ1v) is 6.70. The molecule has 1 N–H and O–H groups in total. The van der Waals surface area contributed by atoms with Crippen LogP contribution in [0.3, 0.4) is 0 Å². The van der Waals surface area contributed by atoms with E-state index in [9.17, 15) is 0 Å². The summed E-state index contributed by atoms with van der Waals surface area (Å²) in [6, 6.07) is 14.6. The molecule has 0 aliphatic carbocycles. The van der Waals surface area contributed by atoms with Gasteiger partial charge in [0.05, 0.1) is 10.7 Å². The van der Waals surface area contributed by atoms with Crippen LogP contribution in [0.5, 0.6) is 0 Å². The Kier molecular flexibility index (Phi) is 4.33. The van der Waals surface area contributed by atoms with Crippen molar-refractivity contribution in [1.29, 1.82) is 0 Å². The number of benzene rings is 2. The van der Waals surface area contributed by atoms with Crippen LogP contribution in [-0.2, 0) is 6.54 Å². The highest BCUT2D eigenvalue weighted by atomic mass is 35.5. The molecule has 3 heteroatoms. The van der Waals surface area contributed by atoms with Gasteiger partial charge in [-0.3, -0.25) is 0 Å². The molecule has 0 unspecified atom stereocenters. The average molecular weight is 275 g/mol. The molecule has 0 atom stereocenters. The van der Waals surface area contributed by atoms with E-state index in [0.29, 0.717) is 0 Å². The number of nitrogens with one attached hydrogen (secondary N) is 1. The topological polar surface area (TPSA) is 15.3 Å². The Morgan fingerprint density at radius 1 is 1.05 bits per heavy atom. The standard InChI is InChI=1S/C16H19ClN2/c1-12-4-6-13(7-5-12)11-18-14-8-9-16(19(2)3)15(17)10-14/h4-10,18H,11H2,1-3H3. The van der Waals surface area contributed by atoms with E-state index >= 15 is 0 Å². The lowest BCUT2D eigenvalue weighted by Gasteiger charge is -2.15. The van der Waals surface area contributed by atoms with Crippen molar-refractivity contribution >= 4 is 23.0 Å². The second kappa shape index (κ2) is 5.98. The molecule has 0 saturated heterocycles. The minimum absolute atomic E-state index is 0.763. The molecule has 0 saturated carbocycles. The molecule has 2 rings (SSSR count). The molecular formula is C16H19ClN2. The summed E-state index contributed by atoms with van der Waals surface area (Å²) < 4.78 is 0. The molecule has 0 fully saturated rings. The largest absolute Gasteiger partial charge is 0.381 e. The second-order valence-electron chi connectivity index (χ2n) is 4.90. The molecule has 0 heterocycles. The maximum Gasteiger partial charge on any atom is 0.0659 e. The van der Waals surface area contributed by atoms with Crippen molar-refractivity contribution in [3.63, 3.8) is 0 Å². The van der Waals surface area contributed by atoms with Gasteiger partial charge in [0.15, 0.2) is 0 Å². The zero-order valence-corrected chi connectivity index (χ0v) is 12.3. The van der Waals surface area contributed by atoms with Crippen molar-refractivity contribution in [3.8, 4) is 0 Å². The van der Waals surface area contributed by atoms with Gasteiger partial charge in [0.25, 0.3) is 0 Å². The van der Waals surface area contributed by atoms with Crippen molar-refractivity contribution < 1.29 is 0 Å². The first-order chi connectivity index (χ1) is 9.06. The SMILES string of the molecule is Cc1ccc(CNc2ccc(N(C)C)c(Cl)c2)cc1. The van der Waals surface area contributed by atoms with Crippen molar-refractivity contribution in [2.75, 3.05) is 24.3 Å². The fourth-order valence-corrected chi connectivity index (χ4v) is 2.24. The highest BCUT2D eigenvalue weighted by molar-refractivity contribution is 6.33. The zero-order valence-electron chi connectivity index (χ0n) is 11.6. The number of rotatable bonds is 4. The third-order valence-electron chi connectivity index (χ3n) is 3.05. The van der Waals surface area contributed by atoms with Gasteiger partial charge in [-0.1, -0.05) is 41.4 Å². The van der Waals surface area contributed by atoms with Crippen LogP contribution in [0.25, 0.3) is 0 Å². The lowest BCUT2D eigenvalue weighted by molar-refractivity contribution is 1.12. The number of hydrogen-bond donors (Lipinski definition) is 1. The third-order valence-corrected chi connectivity index (χ3v) is 3.35. The molecule has 0 radical (unpaired) electrons. The highest BCUT2D eigenvalue weighted by Crippen LogP contribution is 2.27. The van der Waals surface area contributed by atoms with Gasteiger partial charge in [-0.2, -0.15) is 0 Å². The Balaban J connectivity index is 2.04. The van der Waals surface area contributed by atoms with Crippen LogP contribution in [-0.4, -0.2) is 14.1 Å². The smallest absolute Gasteiger partial charge is 0.0659 e. The molecule has 2 aromatic carbocycles. The Morgan fingerprint density at radius 2 is 1.74 bits per heavy atom. The maximum absolute atomic E-state index is 6.25. The van der Waals surface area contributed by atoms with Crippen molar-refractivity contribution in [1.82, 2.24) is 0 Å². The lowest BCUT2D eigenvalue weighted by Crippen LogP contribution is -2.09. The number of halogens is 1. The number of anilines is 2. The first kappa shape index (κ1) is 13.8. The Hall–Kier alpha value is -1.67. The lowest BCUT2D eigenvalue weighted by atomic mass is 10.1. The third kappa shape index (κ3) is 3.65. The van der Waals surface area contributed by atoms with Crippen molar-refractivity contribution in [3.05, 3.63) is 58.6 Å². The predicted octanol–water partition coefficient (Wildman–Crippen LogP) is 4.33. The molecule has 100 valence electrons. The fourth-order valence-electron chi connectivity index (χ4n) is 1.89.